The van der Waals surface area contributed by atoms with E-state index in [0.717, 1.165) is 17.5 Å². The second kappa shape index (κ2) is 6.31. The van der Waals surface area contributed by atoms with Gasteiger partial charge in [0.15, 0.2) is 23.3 Å². The van der Waals surface area contributed by atoms with Crippen LogP contribution in [0.25, 0.3) is 0 Å². The minimum Gasteiger partial charge on any atom is -0.478 e. The molecule has 0 aromatic heterocycles. The van der Waals surface area contributed by atoms with Gasteiger partial charge in [0.25, 0.3) is 5.91 Å². The third kappa shape index (κ3) is 2.82. The van der Waals surface area contributed by atoms with Gasteiger partial charge < -0.3 is 10.0 Å². The van der Waals surface area contributed by atoms with Gasteiger partial charge in [0, 0.05) is 12.7 Å². The second-order valence-electron chi connectivity index (χ2n) is 5.01. The number of carbonyl (C=O) groups is 2. The lowest BCUT2D eigenvalue weighted by Gasteiger charge is -2.19. The number of hydrogen-bond donors (Lipinski definition) is 1. The van der Waals surface area contributed by atoms with Crippen molar-refractivity contribution in [2.24, 2.45) is 0 Å². The first-order chi connectivity index (χ1) is 11.2. The van der Waals surface area contributed by atoms with Crippen LogP contribution in [0.2, 0.25) is 0 Å². The Bertz CT molecular complexity index is 834. The first-order valence-corrected chi connectivity index (χ1v) is 6.60. The van der Waals surface area contributed by atoms with Gasteiger partial charge in [-0.25, -0.2) is 22.4 Å². The molecule has 8 heteroatoms. The summed E-state index contributed by atoms with van der Waals surface area (Å²) in [5.74, 6) is -12.2. The van der Waals surface area contributed by atoms with Gasteiger partial charge in [-0.2, -0.15) is 0 Å². The summed E-state index contributed by atoms with van der Waals surface area (Å²) < 4.78 is 54.3. The van der Waals surface area contributed by atoms with Crippen LogP contribution < -0.4 is 4.90 Å². The Labute approximate surface area is 133 Å². The van der Waals surface area contributed by atoms with Crippen LogP contribution in [0, 0.1) is 30.2 Å². The Morgan fingerprint density at radius 1 is 0.875 bits per heavy atom. The van der Waals surface area contributed by atoms with E-state index < -0.39 is 46.3 Å². The summed E-state index contributed by atoms with van der Waals surface area (Å²) in [7, 11) is 1.16. The highest BCUT2D eigenvalue weighted by molar-refractivity contribution is 6.12. The predicted octanol–water partition coefficient (Wildman–Crippen LogP) is 3.53. The fourth-order valence-electron chi connectivity index (χ4n) is 2.09. The summed E-state index contributed by atoms with van der Waals surface area (Å²) >= 11 is 0. The fourth-order valence-corrected chi connectivity index (χ4v) is 2.09. The number of carbonyl (C=O) groups excluding carboxylic acids is 1. The molecule has 4 nitrogen and oxygen atoms in total. The molecule has 2 aromatic rings. The first-order valence-electron chi connectivity index (χ1n) is 6.60. The van der Waals surface area contributed by atoms with Crippen molar-refractivity contribution >= 4 is 17.6 Å². The Morgan fingerprint density at radius 2 is 1.33 bits per heavy atom. The van der Waals surface area contributed by atoms with Gasteiger partial charge in [0.1, 0.15) is 5.56 Å². The van der Waals surface area contributed by atoms with E-state index in [1.165, 1.54) is 12.1 Å². The molecule has 0 saturated heterocycles. The number of benzene rings is 2. The maximum Gasteiger partial charge on any atom is 0.339 e. The largest absolute Gasteiger partial charge is 0.478 e. The molecule has 126 valence electrons. The van der Waals surface area contributed by atoms with Crippen molar-refractivity contribution in [1.82, 2.24) is 0 Å². The number of carboxylic acid groups (broad SMARTS) is 1. The molecule has 0 aliphatic carbocycles. The highest BCUT2D eigenvalue weighted by Crippen LogP contribution is 2.27. The summed E-state index contributed by atoms with van der Waals surface area (Å²) in [5, 5.41) is 8.96. The highest BCUT2D eigenvalue weighted by atomic mass is 19.2. The van der Waals surface area contributed by atoms with Crippen molar-refractivity contribution in [2.45, 2.75) is 6.92 Å². The molecule has 2 rings (SSSR count). The molecule has 0 fully saturated rings. The molecule has 24 heavy (non-hydrogen) atoms. The lowest BCUT2D eigenvalue weighted by molar-refractivity contribution is 0.0683. The lowest BCUT2D eigenvalue weighted by Crippen LogP contribution is -2.30. The molecule has 0 spiro atoms. The van der Waals surface area contributed by atoms with Crippen LogP contribution in [0.4, 0.5) is 23.2 Å². The summed E-state index contributed by atoms with van der Waals surface area (Å²) in [4.78, 5) is 24.3. The average molecular weight is 341 g/mol. The van der Waals surface area contributed by atoms with Crippen molar-refractivity contribution in [3.05, 3.63) is 64.2 Å². The van der Waals surface area contributed by atoms with Gasteiger partial charge in [-0.15, -0.1) is 0 Å². The number of amides is 1. The van der Waals surface area contributed by atoms with E-state index in [1.54, 1.807) is 19.1 Å². The number of aromatic carboxylic acids is 1. The minimum absolute atomic E-state index is 0.228. The van der Waals surface area contributed by atoms with Gasteiger partial charge in [-0.3, -0.25) is 4.79 Å². The quantitative estimate of drug-likeness (QED) is 0.528. The van der Waals surface area contributed by atoms with Crippen LogP contribution in [0.3, 0.4) is 0 Å². The van der Waals surface area contributed by atoms with Crippen molar-refractivity contribution in [3.63, 3.8) is 0 Å². The van der Waals surface area contributed by atoms with Crippen LogP contribution in [0.1, 0.15) is 26.3 Å². The molecular weight excluding hydrogens is 330 g/mol. The van der Waals surface area contributed by atoms with Crippen LogP contribution >= 0.6 is 0 Å². The summed E-state index contributed by atoms with van der Waals surface area (Å²) in [6, 6.07) is 6.20. The predicted molar refractivity (Wildman–Crippen MR) is 77.1 cm³/mol. The van der Waals surface area contributed by atoms with E-state index in [1.807, 2.05) is 0 Å². The number of nitrogens with zero attached hydrogens (tertiary/aromatic N) is 1. The van der Waals surface area contributed by atoms with Crippen molar-refractivity contribution in [2.75, 3.05) is 11.9 Å². The molecule has 0 saturated carbocycles. The molecular formula is C16H11F4NO3. The van der Waals surface area contributed by atoms with E-state index in [-0.39, 0.29) is 5.69 Å². The standard InChI is InChI=1S/C16H11F4NO3/c1-7-3-5-8(6-4-7)21(2)15(22)9-10(16(23)24)12(18)14(20)13(19)11(9)17/h3-6H,1-2H3,(H,23,24). The lowest BCUT2D eigenvalue weighted by atomic mass is 10.0. The van der Waals surface area contributed by atoms with E-state index in [9.17, 15) is 27.2 Å². The minimum atomic E-state index is -2.29. The van der Waals surface area contributed by atoms with Crippen molar-refractivity contribution in [3.8, 4) is 0 Å². The number of anilines is 1. The second-order valence-corrected chi connectivity index (χ2v) is 5.01. The highest BCUT2D eigenvalue weighted by Gasteiger charge is 2.34. The SMILES string of the molecule is Cc1ccc(N(C)C(=O)c2c(F)c(F)c(F)c(F)c2C(=O)O)cc1. The summed E-state index contributed by atoms with van der Waals surface area (Å²) in [6.07, 6.45) is 0. The van der Waals surface area contributed by atoms with Crippen LogP contribution in [-0.4, -0.2) is 24.0 Å². The number of hydrogen-bond acceptors (Lipinski definition) is 2. The average Bonchev–Trinajstić information content (AvgIpc) is 2.55. The molecule has 0 radical (unpaired) electrons. The maximum absolute atomic E-state index is 14.0. The summed E-state index contributed by atoms with van der Waals surface area (Å²) in [6.45, 7) is 1.78. The maximum atomic E-state index is 14.0. The van der Waals surface area contributed by atoms with Gasteiger partial charge in [-0.1, -0.05) is 17.7 Å². The molecule has 0 bridgehead atoms. The molecule has 0 aliphatic heterocycles. The van der Waals surface area contributed by atoms with E-state index in [4.69, 9.17) is 5.11 Å². The van der Waals surface area contributed by atoms with Gasteiger partial charge in [-0.05, 0) is 19.1 Å². The van der Waals surface area contributed by atoms with E-state index in [0.29, 0.717) is 0 Å². The number of halogens is 4. The Kier molecular flexibility index (Phi) is 4.59. The third-order valence-corrected chi connectivity index (χ3v) is 3.42. The number of aryl methyl sites for hydroxylation is 1. The fraction of sp³-hybridized carbons (Fsp3) is 0.125. The molecule has 0 heterocycles. The van der Waals surface area contributed by atoms with Gasteiger partial charge >= 0.3 is 5.97 Å². The van der Waals surface area contributed by atoms with Crippen molar-refractivity contribution < 1.29 is 32.3 Å². The van der Waals surface area contributed by atoms with Crippen LogP contribution in [-0.2, 0) is 0 Å². The smallest absolute Gasteiger partial charge is 0.339 e. The van der Waals surface area contributed by atoms with E-state index >= 15 is 0 Å². The zero-order valence-electron chi connectivity index (χ0n) is 12.5. The zero-order chi connectivity index (χ0) is 18.2. The van der Waals surface area contributed by atoms with Crippen LogP contribution in [0.15, 0.2) is 24.3 Å². The van der Waals surface area contributed by atoms with Gasteiger partial charge in [0.2, 0.25) is 0 Å². The molecule has 0 atom stereocenters. The molecule has 0 unspecified atom stereocenters. The normalized spacial score (nSPS) is 10.6. The monoisotopic (exact) mass is 341 g/mol. The Morgan fingerprint density at radius 3 is 1.79 bits per heavy atom. The molecule has 1 amide bonds. The van der Waals surface area contributed by atoms with Crippen molar-refractivity contribution in [1.29, 1.82) is 0 Å². The topological polar surface area (TPSA) is 57.6 Å². The molecule has 0 aliphatic rings. The van der Waals surface area contributed by atoms with E-state index in [2.05, 4.69) is 0 Å². The number of rotatable bonds is 3. The zero-order valence-corrected chi connectivity index (χ0v) is 12.5. The summed E-state index contributed by atoms with van der Waals surface area (Å²) in [5.41, 5.74) is -1.86. The Hall–Kier alpha value is -2.90. The molecule has 2 aromatic carbocycles. The van der Waals surface area contributed by atoms with Gasteiger partial charge in [0.05, 0.1) is 5.56 Å². The molecule has 1 N–H and O–H groups in total. The first kappa shape index (κ1) is 17.5. The third-order valence-electron chi connectivity index (χ3n) is 3.42. The van der Waals surface area contributed by atoms with Crippen LogP contribution in [0.5, 0.6) is 0 Å². The number of carboxylic acids is 1. The Balaban J connectivity index is 2.64.